The molecule has 2 N–H and O–H groups in total. The van der Waals surface area contributed by atoms with Crippen molar-refractivity contribution in [3.8, 4) is 0 Å². The fraction of sp³-hybridized carbons (Fsp3) is 0.0909. The monoisotopic (exact) mass is 249 g/mol. The summed E-state index contributed by atoms with van der Waals surface area (Å²) in [4.78, 5) is 17.9. The lowest BCUT2D eigenvalue weighted by molar-refractivity contribution is 0.0691. The van der Waals surface area contributed by atoms with Crippen molar-refractivity contribution in [3.63, 3.8) is 0 Å². The quantitative estimate of drug-likeness (QED) is 0.696. The van der Waals surface area contributed by atoms with Crippen LogP contribution < -0.4 is 0 Å². The van der Waals surface area contributed by atoms with E-state index >= 15 is 0 Å². The normalized spacial score (nSPS) is 11.4. The minimum absolute atomic E-state index is 0.104. The van der Waals surface area contributed by atoms with Gasteiger partial charge in [-0.1, -0.05) is 11.6 Å². The van der Waals surface area contributed by atoms with Crippen LogP contribution in [0.4, 0.5) is 0 Å². The molecule has 17 heavy (non-hydrogen) atoms. The molecule has 0 aliphatic carbocycles. The van der Waals surface area contributed by atoms with Gasteiger partial charge in [0.2, 0.25) is 5.78 Å². The summed E-state index contributed by atoms with van der Waals surface area (Å²) in [5.41, 5.74) is 2.68. The van der Waals surface area contributed by atoms with E-state index in [1.54, 1.807) is 10.5 Å². The van der Waals surface area contributed by atoms with Crippen LogP contribution in [-0.2, 0) is 0 Å². The van der Waals surface area contributed by atoms with Gasteiger partial charge in [0, 0.05) is 11.2 Å². The maximum atomic E-state index is 10.8. The molecule has 0 bridgehead atoms. The molecule has 0 aliphatic heterocycles. The molecule has 1 aromatic carbocycles. The molecule has 0 saturated carbocycles. The molecule has 3 rings (SSSR count). The maximum Gasteiger partial charge on any atom is 0.353 e. The van der Waals surface area contributed by atoms with Gasteiger partial charge in [0.15, 0.2) is 0 Å². The lowest BCUT2D eigenvalue weighted by Gasteiger charge is -1.96. The lowest BCUT2D eigenvalue weighted by atomic mass is 10.2. The number of aromatic carboxylic acids is 1. The van der Waals surface area contributed by atoms with Crippen molar-refractivity contribution in [2.45, 2.75) is 6.92 Å². The second-order valence-electron chi connectivity index (χ2n) is 3.87. The van der Waals surface area contributed by atoms with Gasteiger partial charge in [-0.25, -0.2) is 9.78 Å². The highest BCUT2D eigenvalue weighted by atomic mass is 35.5. The smallest absolute Gasteiger partial charge is 0.353 e. The van der Waals surface area contributed by atoms with Gasteiger partial charge in [-0.2, -0.15) is 0 Å². The number of imidazole rings is 2. The average Bonchev–Trinajstić information content (AvgIpc) is 2.76. The Hall–Kier alpha value is -2.01. The van der Waals surface area contributed by atoms with Gasteiger partial charge in [0.25, 0.3) is 0 Å². The summed E-state index contributed by atoms with van der Waals surface area (Å²) in [5, 5.41) is 9.49. The van der Waals surface area contributed by atoms with Crippen molar-refractivity contribution in [1.29, 1.82) is 0 Å². The zero-order valence-corrected chi connectivity index (χ0v) is 9.62. The number of H-pyrrole nitrogens is 1. The molecule has 6 heteroatoms. The molecule has 5 nitrogen and oxygen atoms in total. The Morgan fingerprint density at radius 2 is 2.29 bits per heavy atom. The van der Waals surface area contributed by atoms with Crippen LogP contribution in [0.25, 0.3) is 16.8 Å². The first-order chi connectivity index (χ1) is 8.06. The Balaban J connectivity index is 2.44. The van der Waals surface area contributed by atoms with Crippen molar-refractivity contribution in [2.75, 3.05) is 0 Å². The molecule has 0 spiro atoms. The minimum Gasteiger partial charge on any atom is -0.477 e. The van der Waals surface area contributed by atoms with Crippen LogP contribution in [0.2, 0.25) is 5.02 Å². The van der Waals surface area contributed by atoms with Crippen LogP contribution in [0.5, 0.6) is 0 Å². The Morgan fingerprint density at radius 3 is 3.00 bits per heavy atom. The number of aromatic nitrogens is 3. The Morgan fingerprint density at radius 1 is 1.53 bits per heavy atom. The SMILES string of the molecule is Cc1cc(Cl)cc2c1nc1[nH]c(C(=O)O)cn12. The third-order valence-corrected chi connectivity index (χ3v) is 2.90. The van der Waals surface area contributed by atoms with E-state index in [2.05, 4.69) is 9.97 Å². The summed E-state index contributed by atoms with van der Waals surface area (Å²) in [6.45, 7) is 1.92. The molecule has 2 heterocycles. The number of carboxylic acids is 1. The van der Waals surface area contributed by atoms with E-state index in [1.165, 1.54) is 6.20 Å². The minimum atomic E-state index is -1.01. The van der Waals surface area contributed by atoms with Crippen LogP contribution >= 0.6 is 11.6 Å². The summed E-state index contributed by atoms with van der Waals surface area (Å²) in [6, 6.07) is 3.60. The third-order valence-electron chi connectivity index (χ3n) is 2.69. The Kier molecular flexibility index (Phi) is 1.94. The van der Waals surface area contributed by atoms with E-state index in [-0.39, 0.29) is 5.69 Å². The fourth-order valence-electron chi connectivity index (χ4n) is 1.93. The summed E-state index contributed by atoms with van der Waals surface area (Å²) in [6.07, 6.45) is 1.50. The van der Waals surface area contributed by atoms with Crippen LogP contribution in [0.15, 0.2) is 18.3 Å². The van der Waals surface area contributed by atoms with Crippen molar-refractivity contribution in [2.24, 2.45) is 0 Å². The number of rotatable bonds is 1. The zero-order chi connectivity index (χ0) is 12.2. The zero-order valence-electron chi connectivity index (χ0n) is 8.86. The summed E-state index contributed by atoms with van der Waals surface area (Å²) in [5.74, 6) is -0.509. The van der Waals surface area contributed by atoms with Crippen molar-refractivity contribution >= 4 is 34.4 Å². The number of fused-ring (bicyclic) bond motifs is 3. The highest BCUT2D eigenvalue weighted by Gasteiger charge is 2.13. The molecular formula is C11H8ClN3O2. The molecule has 0 saturated heterocycles. The van der Waals surface area contributed by atoms with Crippen molar-refractivity contribution in [1.82, 2.24) is 14.4 Å². The molecule has 0 unspecified atom stereocenters. The number of nitrogens with zero attached hydrogens (tertiary/aromatic N) is 2. The molecule has 0 fully saturated rings. The van der Waals surface area contributed by atoms with Gasteiger partial charge in [0.1, 0.15) is 5.69 Å². The summed E-state index contributed by atoms with van der Waals surface area (Å²) < 4.78 is 1.69. The van der Waals surface area contributed by atoms with Gasteiger partial charge < -0.3 is 10.1 Å². The van der Waals surface area contributed by atoms with Gasteiger partial charge >= 0.3 is 5.97 Å². The van der Waals surface area contributed by atoms with Crippen LogP contribution in [-0.4, -0.2) is 25.4 Å². The number of benzene rings is 1. The van der Waals surface area contributed by atoms with Crippen LogP contribution in [0, 0.1) is 6.92 Å². The molecule has 0 radical (unpaired) electrons. The van der Waals surface area contributed by atoms with E-state index in [4.69, 9.17) is 16.7 Å². The van der Waals surface area contributed by atoms with Crippen LogP contribution in [0.1, 0.15) is 16.1 Å². The summed E-state index contributed by atoms with van der Waals surface area (Å²) >= 11 is 5.98. The molecule has 0 aliphatic rings. The molecule has 0 atom stereocenters. The number of hydrogen-bond donors (Lipinski definition) is 2. The Labute approximate surface area is 101 Å². The predicted octanol–water partition coefficient (Wildman–Crippen LogP) is 2.48. The molecule has 3 aromatic rings. The van der Waals surface area contributed by atoms with E-state index in [0.29, 0.717) is 10.8 Å². The first kappa shape index (κ1) is 10.2. The largest absolute Gasteiger partial charge is 0.477 e. The van der Waals surface area contributed by atoms with Gasteiger partial charge in [0.05, 0.1) is 11.0 Å². The molecule has 86 valence electrons. The van der Waals surface area contributed by atoms with E-state index in [0.717, 1.165) is 16.6 Å². The number of hydrogen-bond acceptors (Lipinski definition) is 2. The highest BCUT2D eigenvalue weighted by Crippen LogP contribution is 2.24. The fourth-order valence-corrected chi connectivity index (χ4v) is 2.20. The first-order valence-corrected chi connectivity index (χ1v) is 5.34. The molecule has 0 amide bonds. The van der Waals surface area contributed by atoms with E-state index in [1.807, 2.05) is 13.0 Å². The first-order valence-electron chi connectivity index (χ1n) is 4.96. The van der Waals surface area contributed by atoms with E-state index in [9.17, 15) is 4.79 Å². The third kappa shape index (κ3) is 1.39. The molecule has 2 aromatic heterocycles. The van der Waals surface area contributed by atoms with Gasteiger partial charge in [-0.3, -0.25) is 4.40 Å². The second-order valence-corrected chi connectivity index (χ2v) is 4.31. The second kappa shape index (κ2) is 3.24. The highest BCUT2D eigenvalue weighted by molar-refractivity contribution is 6.31. The van der Waals surface area contributed by atoms with Crippen molar-refractivity contribution in [3.05, 3.63) is 34.6 Å². The number of aryl methyl sites for hydroxylation is 1. The summed E-state index contributed by atoms with van der Waals surface area (Å²) in [7, 11) is 0. The van der Waals surface area contributed by atoms with E-state index < -0.39 is 5.97 Å². The number of nitrogens with one attached hydrogen (secondary N) is 1. The number of aromatic amines is 1. The van der Waals surface area contributed by atoms with Crippen molar-refractivity contribution < 1.29 is 9.90 Å². The predicted molar refractivity (Wildman–Crippen MR) is 63.8 cm³/mol. The number of carboxylic acid groups (broad SMARTS) is 1. The van der Waals surface area contributed by atoms with Crippen LogP contribution in [0.3, 0.4) is 0 Å². The topological polar surface area (TPSA) is 70.4 Å². The lowest BCUT2D eigenvalue weighted by Crippen LogP contribution is -1.95. The van der Waals surface area contributed by atoms with Gasteiger partial charge in [-0.05, 0) is 24.6 Å². The number of carbonyl (C=O) groups is 1. The van der Waals surface area contributed by atoms with Gasteiger partial charge in [-0.15, -0.1) is 0 Å². The standard InChI is InChI=1S/C11H8ClN3O2/c1-5-2-6(12)3-8-9(5)14-11-13-7(10(16)17)4-15(8)11/h2-4H,1H3,(H,13,14)(H,16,17). The number of halogens is 1. The Bertz CT molecular complexity index is 757. The average molecular weight is 250 g/mol. The molecular weight excluding hydrogens is 242 g/mol. The maximum absolute atomic E-state index is 10.8.